The molecule has 9 heteroatoms. The largest absolute Gasteiger partial charge is 0.481 e. The van der Waals surface area contributed by atoms with Gasteiger partial charge in [-0.25, -0.2) is 9.78 Å². The molecule has 2 aromatic heterocycles. The maximum atomic E-state index is 12.4. The maximum Gasteiger partial charge on any atom is 0.348 e. The van der Waals surface area contributed by atoms with Crippen LogP contribution < -0.4 is 4.90 Å². The molecule has 7 nitrogen and oxygen atoms in total. The van der Waals surface area contributed by atoms with E-state index >= 15 is 0 Å². The molecular formula is C17H20ClN3O4S. The molecule has 1 aliphatic heterocycles. The Hall–Kier alpha value is -1.93. The van der Waals surface area contributed by atoms with Crippen molar-refractivity contribution < 1.29 is 19.4 Å². The smallest absolute Gasteiger partial charge is 0.348 e. The molecule has 1 saturated heterocycles. The molecule has 0 amide bonds. The van der Waals surface area contributed by atoms with Gasteiger partial charge < -0.3 is 14.7 Å². The molecule has 2 aromatic rings. The van der Waals surface area contributed by atoms with Gasteiger partial charge in [0.25, 0.3) is 0 Å². The van der Waals surface area contributed by atoms with Crippen molar-refractivity contribution in [3.05, 3.63) is 15.7 Å². The molecule has 3 rings (SSSR count). The number of carboxylic acid groups (broad SMARTS) is 1. The lowest BCUT2D eigenvalue weighted by molar-refractivity contribution is -0.141. The van der Waals surface area contributed by atoms with Crippen molar-refractivity contribution in [2.24, 2.45) is 5.92 Å². The minimum atomic E-state index is -0.811. The number of rotatable bonds is 4. The van der Waals surface area contributed by atoms with Crippen LogP contribution in [-0.4, -0.2) is 46.2 Å². The van der Waals surface area contributed by atoms with Gasteiger partial charge in [-0.1, -0.05) is 0 Å². The monoisotopic (exact) mass is 397 g/mol. The van der Waals surface area contributed by atoms with Gasteiger partial charge in [-0.05, 0) is 50.8 Å². The van der Waals surface area contributed by atoms with E-state index in [1.54, 1.807) is 13.8 Å². The fourth-order valence-corrected chi connectivity index (χ4v) is 4.43. The van der Waals surface area contributed by atoms with E-state index in [1.807, 2.05) is 11.8 Å². The molecule has 0 aromatic carbocycles. The number of aromatic nitrogens is 2. The average Bonchev–Trinajstić information content (AvgIpc) is 2.90. The first-order valence-electron chi connectivity index (χ1n) is 8.43. The first-order chi connectivity index (χ1) is 12.3. The van der Waals surface area contributed by atoms with Gasteiger partial charge in [0, 0.05) is 13.1 Å². The summed E-state index contributed by atoms with van der Waals surface area (Å²) < 4.78 is 5.31. The number of hydrogen-bond donors (Lipinski definition) is 1. The summed E-state index contributed by atoms with van der Waals surface area (Å²) in [6, 6.07) is 0. The number of halogens is 1. The Kier molecular flexibility index (Phi) is 5.34. The van der Waals surface area contributed by atoms with Gasteiger partial charge >= 0.3 is 11.9 Å². The molecule has 0 saturated carbocycles. The Labute approximate surface area is 159 Å². The summed E-state index contributed by atoms with van der Waals surface area (Å²) in [5, 5.41) is 10.2. The van der Waals surface area contributed by atoms with E-state index in [1.165, 1.54) is 11.3 Å². The van der Waals surface area contributed by atoms with Gasteiger partial charge in [0.05, 0.1) is 17.4 Å². The molecule has 1 fully saturated rings. The topological polar surface area (TPSA) is 92.6 Å². The number of hydrogen-bond acceptors (Lipinski definition) is 7. The van der Waals surface area contributed by atoms with Crippen LogP contribution in [0.15, 0.2) is 0 Å². The molecule has 0 aliphatic carbocycles. The van der Waals surface area contributed by atoms with E-state index < -0.39 is 17.9 Å². The third kappa shape index (κ3) is 3.61. The molecule has 140 valence electrons. The lowest BCUT2D eigenvalue weighted by Crippen LogP contribution is -2.39. The number of carbonyl (C=O) groups is 2. The fourth-order valence-electron chi connectivity index (χ4n) is 3.15. The first kappa shape index (κ1) is 18.8. The molecule has 0 radical (unpaired) electrons. The Morgan fingerprint density at radius 3 is 2.77 bits per heavy atom. The number of carboxylic acids is 1. The minimum absolute atomic E-state index is 0.0787. The molecule has 1 N–H and O–H groups in total. The summed E-state index contributed by atoms with van der Waals surface area (Å²) in [4.78, 5) is 35.4. The van der Waals surface area contributed by atoms with Gasteiger partial charge in [0.15, 0.2) is 0 Å². The van der Waals surface area contributed by atoms with Crippen molar-refractivity contribution >= 4 is 50.9 Å². The summed E-state index contributed by atoms with van der Waals surface area (Å²) in [7, 11) is 0. The number of aryl methyl sites for hydroxylation is 1. The average molecular weight is 398 g/mol. The number of fused-ring (bicyclic) bond motifs is 1. The van der Waals surface area contributed by atoms with Crippen molar-refractivity contribution in [3.8, 4) is 0 Å². The highest BCUT2D eigenvalue weighted by molar-refractivity contribution is 7.20. The summed E-state index contributed by atoms with van der Waals surface area (Å²) in [6.45, 7) is 6.46. The van der Waals surface area contributed by atoms with Crippen molar-refractivity contribution in [2.45, 2.75) is 39.7 Å². The third-order valence-electron chi connectivity index (χ3n) is 4.34. The van der Waals surface area contributed by atoms with Crippen molar-refractivity contribution in [1.29, 1.82) is 0 Å². The second kappa shape index (κ2) is 7.36. The number of piperidine rings is 1. The molecule has 0 spiro atoms. The normalized spacial score (nSPS) is 17.7. The quantitative estimate of drug-likeness (QED) is 0.623. The van der Waals surface area contributed by atoms with Crippen LogP contribution in [0.5, 0.6) is 0 Å². The lowest BCUT2D eigenvalue weighted by Gasteiger charge is -2.32. The van der Waals surface area contributed by atoms with E-state index in [2.05, 4.69) is 9.97 Å². The summed E-state index contributed by atoms with van der Waals surface area (Å²) >= 11 is 7.31. The predicted octanol–water partition coefficient (Wildman–Crippen LogP) is 3.52. The van der Waals surface area contributed by atoms with Crippen LogP contribution in [0.2, 0.25) is 5.28 Å². The van der Waals surface area contributed by atoms with Crippen molar-refractivity contribution in [2.75, 3.05) is 18.0 Å². The van der Waals surface area contributed by atoms with Crippen LogP contribution in [0.1, 0.15) is 41.9 Å². The van der Waals surface area contributed by atoms with E-state index in [9.17, 15) is 14.7 Å². The summed E-state index contributed by atoms with van der Waals surface area (Å²) in [5.41, 5.74) is 0.736. The van der Waals surface area contributed by atoms with Gasteiger partial charge in [-0.15, -0.1) is 11.3 Å². The second-order valence-electron chi connectivity index (χ2n) is 6.63. The lowest BCUT2D eigenvalue weighted by atomic mass is 9.98. The SMILES string of the molecule is Cc1c(C(=O)OC(C)C)sc2nc(Cl)nc(N3CCCC(C(=O)O)C3)c12. The first-order valence-corrected chi connectivity index (χ1v) is 9.62. The van der Waals surface area contributed by atoms with Crippen LogP contribution in [0.4, 0.5) is 5.82 Å². The highest BCUT2D eigenvalue weighted by Gasteiger charge is 2.29. The zero-order valence-electron chi connectivity index (χ0n) is 14.8. The molecule has 1 atom stereocenters. The summed E-state index contributed by atoms with van der Waals surface area (Å²) in [5.74, 6) is -1.07. The standard InChI is InChI=1S/C17H20ClN3O4S/c1-8(2)25-16(24)12-9(3)11-13(19-17(18)20-14(11)26-12)21-6-4-5-10(7-21)15(22)23/h8,10H,4-7H2,1-3H3,(H,22,23). The molecule has 3 heterocycles. The number of anilines is 1. The van der Waals surface area contributed by atoms with Gasteiger partial charge in [0.1, 0.15) is 15.5 Å². The number of carbonyl (C=O) groups excluding carboxylic acids is 1. The third-order valence-corrected chi connectivity index (χ3v) is 5.68. The van der Waals surface area contributed by atoms with E-state index in [4.69, 9.17) is 16.3 Å². The van der Waals surface area contributed by atoms with Gasteiger partial charge in [0.2, 0.25) is 5.28 Å². The summed E-state index contributed by atoms with van der Waals surface area (Å²) in [6.07, 6.45) is 1.17. The van der Waals surface area contributed by atoms with E-state index in [0.29, 0.717) is 35.0 Å². The van der Waals surface area contributed by atoms with Crippen molar-refractivity contribution in [3.63, 3.8) is 0 Å². The number of esters is 1. The number of ether oxygens (including phenoxy) is 1. The Morgan fingerprint density at radius 2 is 2.12 bits per heavy atom. The number of thiophene rings is 1. The highest BCUT2D eigenvalue weighted by atomic mass is 35.5. The van der Waals surface area contributed by atoms with Crippen LogP contribution in [0.25, 0.3) is 10.2 Å². The molecule has 0 bridgehead atoms. The Balaban J connectivity index is 2.06. The Morgan fingerprint density at radius 1 is 1.38 bits per heavy atom. The zero-order chi connectivity index (χ0) is 19.0. The molecular weight excluding hydrogens is 378 g/mol. The molecule has 1 aliphatic rings. The van der Waals surface area contributed by atoms with E-state index in [0.717, 1.165) is 17.4 Å². The highest BCUT2D eigenvalue weighted by Crippen LogP contribution is 2.38. The zero-order valence-corrected chi connectivity index (χ0v) is 16.4. The van der Waals surface area contributed by atoms with Crippen LogP contribution in [-0.2, 0) is 9.53 Å². The molecule has 26 heavy (non-hydrogen) atoms. The number of aliphatic carboxylic acids is 1. The maximum absolute atomic E-state index is 12.4. The van der Waals surface area contributed by atoms with Gasteiger partial charge in [-0.2, -0.15) is 4.98 Å². The predicted molar refractivity (Wildman–Crippen MR) is 100 cm³/mol. The Bertz CT molecular complexity index is 867. The van der Waals surface area contributed by atoms with Crippen LogP contribution in [0.3, 0.4) is 0 Å². The fraction of sp³-hybridized carbons (Fsp3) is 0.529. The number of nitrogens with zero attached hydrogens (tertiary/aromatic N) is 3. The van der Waals surface area contributed by atoms with Crippen LogP contribution >= 0.6 is 22.9 Å². The second-order valence-corrected chi connectivity index (χ2v) is 7.97. The minimum Gasteiger partial charge on any atom is -0.481 e. The van der Waals surface area contributed by atoms with Crippen LogP contribution in [0, 0.1) is 12.8 Å². The van der Waals surface area contributed by atoms with E-state index in [-0.39, 0.29) is 11.4 Å². The van der Waals surface area contributed by atoms with Gasteiger partial charge in [-0.3, -0.25) is 4.79 Å². The van der Waals surface area contributed by atoms with Crippen molar-refractivity contribution in [1.82, 2.24) is 9.97 Å². The molecule has 1 unspecified atom stereocenters.